The van der Waals surface area contributed by atoms with Crippen LogP contribution >= 0.6 is 0 Å². The van der Waals surface area contributed by atoms with E-state index in [0.29, 0.717) is 12.4 Å². The number of anilines is 1. The Bertz CT molecular complexity index is 646. The molecule has 1 heterocycles. The number of hydrogen-bond donors (Lipinski definition) is 2. The van der Waals surface area contributed by atoms with Crippen molar-refractivity contribution in [2.45, 2.75) is 13.2 Å². The molecule has 0 saturated carbocycles. The number of hydrogen-bond acceptors (Lipinski definition) is 5. The molecule has 0 radical (unpaired) electrons. The van der Waals surface area contributed by atoms with Crippen molar-refractivity contribution in [1.82, 2.24) is 4.57 Å². The number of ether oxygens (including phenoxy) is 1. The molecule has 0 aliphatic rings. The predicted molar refractivity (Wildman–Crippen MR) is 76.5 cm³/mol. The number of aldehydes is 1. The second kappa shape index (κ2) is 6.63. The van der Waals surface area contributed by atoms with Crippen molar-refractivity contribution in [2.75, 3.05) is 12.4 Å². The van der Waals surface area contributed by atoms with Crippen LogP contribution in [0.2, 0.25) is 0 Å². The van der Waals surface area contributed by atoms with Crippen molar-refractivity contribution in [3.63, 3.8) is 0 Å². The molecule has 0 aliphatic heterocycles. The molecule has 1 aromatic carbocycles. The first-order valence-electron chi connectivity index (χ1n) is 6.13. The zero-order chi connectivity index (χ0) is 14.4. The molecular weight excluding hydrogens is 256 g/mol. The van der Waals surface area contributed by atoms with E-state index in [0.717, 1.165) is 22.9 Å². The Morgan fingerprint density at radius 1 is 1.50 bits per heavy atom. The number of fused-ring (bicyclic) bond motifs is 1. The van der Waals surface area contributed by atoms with Crippen molar-refractivity contribution < 1.29 is 9.53 Å². The predicted octanol–water partition coefficient (Wildman–Crippen LogP) is 3.12. The van der Waals surface area contributed by atoms with Gasteiger partial charge in [-0.2, -0.15) is 5.11 Å². The molecule has 0 fully saturated rings. The normalized spacial score (nSPS) is 11.6. The number of carbonyl (C=O) groups is 1. The van der Waals surface area contributed by atoms with Crippen LogP contribution in [0.4, 0.5) is 5.69 Å². The first-order valence-corrected chi connectivity index (χ1v) is 6.13. The second-order valence-electron chi connectivity index (χ2n) is 4.24. The van der Waals surface area contributed by atoms with Crippen LogP contribution in [0.25, 0.3) is 10.9 Å². The Balaban J connectivity index is 2.20. The number of allylic oxidation sites excluding steroid dienone is 1. The molecular formula is C14H16N4O2. The number of carbonyl (C=O) groups excluding carboxylic acids is 1. The molecule has 2 N–H and O–H groups in total. The van der Waals surface area contributed by atoms with Crippen LogP contribution in [0.15, 0.2) is 47.5 Å². The van der Waals surface area contributed by atoms with E-state index in [-0.39, 0.29) is 6.42 Å². The van der Waals surface area contributed by atoms with E-state index >= 15 is 0 Å². The lowest BCUT2D eigenvalue weighted by atomic mass is 10.2. The lowest BCUT2D eigenvalue weighted by molar-refractivity contribution is -0.107. The maximum absolute atomic E-state index is 10.4. The van der Waals surface area contributed by atoms with Gasteiger partial charge < -0.3 is 19.4 Å². The second-order valence-corrected chi connectivity index (χ2v) is 4.24. The summed E-state index contributed by atoms with van der Waals surface area (Å²) >= 11 is 0. The Morgan fingerprint density at radius 2 is 2.35 bits per heavy atom. The van der Waals surface area contributed by atoms with Gasteiger partial charge in [-0.3, -0.25) is 0 Å². The number of methoxy groups -OCH3 is 1. The van der Waals surface area contributed by atoms with Crippen LogP contribution in [-0.4, -0.2) is 18.0 Å². The minimum absolute atomic E-state index is 0.128. The molecule has 6 nitrogen and oxygen atoms in total. The quantitative estimate of drug-likeness (QED) is 0.600. The van der Waals surface area contributed by atoms with Crippen LogP contribution in [0.5, 0.6) is 0 Å². The van der Waals surface area contributed by atoms with Gasteiger partial charge in [0.25, 0.3) is 0 Å². The van der Waals surface area contributed by atoms with E-state index in [1.54, 1.807) is 13.3 Å². The molecule has 0 spiro atoms. The summed E-state index contributed by atoms with van der Waals surface area (Å²) in [6.07, 6.45) is 4.38. The molecule has 1 aromatic heterocycles. The number of rotatable bonds is 7. The van der Waals surface area contributed by atoms with Gasteiger partial charge in [-0.1, -0.05) is 0 Å². The smallest absolute Gasteiger partial charge is 0.126 e. The van der Waals surface area contributed by atoms with Gasteiger partial charge in [0.1, 0.15) is 13.0 Å². The number of benzene rings is 1. The van der Waals surface area contributed by atoms with Gasteiger partial charge in [0, 0.05) is 37.0 Å². The lowest BCUT2D eigenvalue weighted by Crippen LogP contribution is -1.97. The van der Waals surface area contributed by atoms with E-state index < -0.39 is 0 Å². The molecule has 2 rings (SSSR count). The third-order valence-corrected chi connectivity index (χ3v) is 2.88. The molecule has 0 unspecified atom stereocenters. The maximum Gasteiger partial charge on any atom is 0.126 e. The van der Waals surface area contributed by atoms with Crippen molar-refractivity contribution in [3.8, 4) is 0 Å². The molecule has 2 aromatic rings. The molecule has 20 heavy (non-hydrogen) atoms. The monoisotopic (exact) mass is 272 g/mol. The average molecular weight is 272 g/mol. The topological polar surface area (TPSA) is 79.5 Å². The minimum atomic E-state index is 0.128. The molecule has 0 atom stereocenters. The summed E-state index contributed by atoms with van der Waals surface area (Å²) in [4.78, 5) is 10.4. The summed E-state index contributed by atoms with van der Waals surface area (Å²) in [5.74, 6) is 0. The summed E-state index contributed by atoms with van der Waals surface area (Å²) in [5.41, 5.74) is 9.29. The van der Waals surface area contributed by atoms with Gasteiger partial charge in [-0.25, -0.2) is 5.53 Å². The number of nitrogens with one attached hydrogen (secondary N) is 2. The van der Waals surface area contributed by atoms with Crippen LogP contribution in [0, 0.1) is 5.53 Å². The summed E-state index contributed by atoms with van der Waals surface area (Å²) in [6, 6.07) is 7.90. The van der Waals surface area contributed by atoms with Crippen LogP contribution in [0.1, 0.15) is 6.42 Å². The van der Waals surface area contributed by atoms with Crippen LogP contribution in [-0.2, 0) is 16.3 Å². The third kappa shape index (κ3) is 3.10. The van der Waals surface area contributed by atoms with Crippen LogP contribution in [0.3, 0.4) is 0 Å². The van der Waals surface area contributed by atoms with E-state index in [2.05, 4.69) is 10.4 Å². The SMILES string of the molecule is COCn1ccc2cc(N/C=C(/CC=O)N=N)ccc21. The Hall–Kier alpha value is -2.47. The maximum atomic E-state index is 10.4. The standard InChI is InChI=1S/C14H16N4O2/c1-20-10-18-6-4-11-8-12(2-3-14(11)18)16-9-13(17-15)5-7-19/h2-4,6-9,15-16H,5,10H2,1H3/b13-9-,17-15?. The third-order valence-electron chi connectivity index (χ3n) is 2.88. The Morgan fingerprint density at radius 3 is 3.05 bits per heavy atom. The van der Waals surface area contributed by atoms with Crippen molar-refractivity contribution >= 4 is 22.9 Å². The summed E-state index contributed by atoms with van der Waals surface area (Å²) in [5, 5.41) is 7.40. The summed E-state index contributed by atoms with van der Waals surface area (Å²) in [6.45, 7) is 0.511. The fourth-order valence-electron chi connectivity index (χ4n) is 1.93. The molecule has 0 amide bonds. The molecule has 6 heteroatoms. The number of nitrogens with zero attached hydrogens (tertiary/aromatic N) is 2. The lowest BCUT2D eigenvalue weighted by Gasteiger charge is -2.05. The highest BCUT2D eigenvalue weighted by atomic mass is 16.5. The highest BCUT2D eigenvalue weighted by Crippen LogP contribution is 2.21. The van der Waals surface area contributed by atoms with Gasteiger partial charge in [0.2, 0.25) is 0 Å². The Kier molecular flexibility index (Phi) is 4.62. The summed E-state index contributed by atoms with van der Waals surface area (Å²) < 4.78 is 7.12. The first kappa shape index (κ1) is 14.0. The van der Waals surface area contributed by atoms with Gasteiger partial charge in [0.15, 0.2) is 0 Å². The number of aromatic nitrogens is 1. The highest BCUT2D eigenvalue weighted by Gasteiger charge is 2.01. The van der Waals surface area contributed by atoms with Gasteiger partial charge in [-0.05, 0) is 24.3 Å². The molecule has 0 bridgehead atoms. The molecule has 0 aliphatic carbocycles. The van der Waals surface area contributed by atoms with Crippen molar-refractivity contribution in [3.05, 3.63) is 42.4 Å². The van der Waals surface area contributed by atoms with Gasteiger partial charge in [-0.15, -0.1) is 0 Å². The fourth-order valence-corrected chi connectivity index (χ4v) is 1.93. The largest absolute Gasteiger partial charge is 0.364 e. The van der Waals surface area contributed by atoms with E-state index in [9.17, 15) is 4.79 Å². The zero-order valence-electron chi connectivity index (χ0n) is 11.2. The zero-order valence-corrected chi connectivity index (χ0v) is 11.2. The Labute approximate surface area is 116 Å². The van der Waals surface area contributed by atoms with Crippen LogP contribution < -0.4 is 5.32 Å². The van der Waals surface area contributed by atoms with Gasteiger partial charge in [0.05, 0.1) is 11.2 Å². The van der Waals surface area contributed by atoms with E-state index in [1.807, 2.05) is 35.0 Å². The van der Waals surface area contributed by atoms with E-state index in [4.69, 9.17) is 10.3 Å². The minimum Gasteiger partial charge on any atom is -0.364 e. The van der Waals surface area contributed by atoms with Gasteiger partial charge >= 0.3 is 0 Å². The molecule has 0 saturated heterocycles. The summed E-state index contributed by atoms with van der Waals surface area (Å²) in [7, 11) is 1.66. The van der Waals surface area contributed by atoms with Crippen molar-refractivity contribution in [1.29, 1.82) is 5.53 Å². The fraction of sp³-hybridized carbons (Fsp3) is 0.214. The molecule has 104 valence electrons. The van der Waals surface area contributed by atoms with E-state index in [1.165, 1.54) is 0 Å². The first-order chi connectivity index (χ1) is 9.78. The average Bonchev–Trinajstić information content (AvgIpc) is 2.86. The highest BCUT2D eigenvalue weighted by molar-refractivity contribution is 5.84. The van der Waals surface area contributed by atoms with Crippen molar-refractivity contribution in [2.24, 2.45) is 5.11 Å².